The van der Waals surface area contributed by atoms with Gasteiger partial charge < -0.3 is 9.36 Å². The van der Waals surface area contributed by atoms with Crippen LogP contribution in [0.1, 0.15) is 11.4 Å². The average Bonchev–Trinajstić information content (AvgIpc) is 2.45. The number of nitrogens with zero attached hydrogens (tertiary/aromatic N) is 2. The summed E-state index contributed by atoms with van der Waals surface area (Å²) in [6.45, 7) is 1.97. The Balaban J connectivity index is 2.63. The van der Waals surface area contributed by atoms with Gasteiger partial charge in [-0.1, -0.05) is 6.07 Å². The van der Waals surface area contributed by atoms with E-state index in [0.717, 1.165) is 28.7 Å². The van der Waals surface area contributed by atoms with Crippen molar-refractivity contribution in [3.05, 3.63) is 29.6 Å². The minimum Gasteiger partial charge on any atom is -0.331 e. The van der Waals surface area contributed by atoms with Gasteiger partial charge in [-0.25, -0.2) is 4.98 Å². The largest absolute Gasteiger partial charge is 0.331 e. The van der Waals surface area contributed by atoms with Gasteiger partial charge in [0.2, 0.25) is 0 Å². The second kappa shape index (κ2) is 3.25. The Morgan fingerprint density at radius 3 is 3.00 bits per heavy atom. The van der Waals surface area contributed by atoms with E-state index in [9.17, 15) is 4.79 Å². The summed E-state index contributed by atoms with van der Waals surface area (Å²) >= 11 is 0. The molecule has 0 amide bonds. The number of benzene rings is 1. The third-order valence-electron chi connectivity index (χ3n) is 2.49. The summed E-state index contributed by atoms with van der Waals surface area (Å²) in [7, 11) is 1.98. The molecule has 72 valence electrons. The molecule has 2 rings (SSSR count). The van der Waals surface area contributed by atoms with Gasteiger partial charge in [-0.3, -0.25) is 0 Å². The molecule has 0 aliphatic rings. The van der Waals surface area contributed by atoms with Gasteiger partial charge >= 0.3 is 0 Å². The molecule has 0 aliphatic heterocycles. The number of aldehydes is 1. The van der Waals surface area contributed by atoms with Gasteiger partial charge in [0.05, 0.1) is 11.0 Å². The summed E-state index contributed by atoms with van der Waals surface area (Å²) in [6, 6.07) is 5.92. The molecule has 0 radical (unpaired) electrons. The quantitative estimate of drug-likeness (QED) is 0.671. The molecule has 1 aromatic carbocycles. The maximum absolute atomic E-state index is 10.4. The second-order valence-corrected chi connectivity index (χ2v) is 3.41. The first-order valence-corrected chi connectivity index (χ1v) is 4.58. The molecule has 0 fully saturated rings. The third-order valence-corrected chi connectivity index (χ3v) is 2.49. The molecule has 0 atom stereocenters. The maximum atomic E-state index is 10.4. The zero-order chi connectivity index (χ0) is 10.1. The zero-order valence-electron chi connectivity index (χ0n) is 8.32. The molecule has 0 saturated heterocycles. The van der Waals surface area contributed by atoms with E-state index >= 15 is 0 Å². The number of aryl methyl sites for hydroxylation is 2. The fourth-order valence-corrected chi connectivity index (χ4v) is 1.58. The number of carbonyl (C=O) groups is 1. The van der Waals surface area contributed by atoms with Crippen LogP contribution in [0, 0.1) is 6.92 Å². The predicted molar refractivity (Wildman–Crippen MR) is 55.2 cm³/mol. The molecule has 2 aromatic rings. The average molecular weight is 188 g/mol. The van der Waals surface area contributed by atoms with Gasteiger partial charge in [0, 0.05) is 13.5 Å². The lowest BCUT2D eigenvalue weighted by atomic mass is 10.1. The SMILES string of the molecule is Cc1nc2ccc(CC=O)cc2n1C. The highest BCUT2D eigenvalue weighted by Crippen LogP contribution is 2.16. The van der Waals surface area contributed by atoms with Crippen molar-refractivity contribution in [2.75, 3.05) is 0 Å². The second-order valence-electron chi connectivity index (χ2n) is 3.41. The molecule has 14 heavy (non-hydrogen) atoms. The van der Waals surface area contributed by atoms with E-state index in [1.54, 1.807) is 0 Å². The third kappa shape index (κ3) is 1.31. The van der Waals surface area contributed by atoms with Crippen LogP contribution in [-0.4, -0.2) is 15.8 Å². The molecule has 3 heteroatoms. The number of fused-ring (bicyclic) bond motifs is 1. The van der Waals surface area contributed by atoms with Gasteiger partial charge in [-0.2, -0.15) is 0 Å². The minimum absolute atomic E-state index is 0.472. The highest BCUT2D eigenvalue weighted by Gasteiger charge is 2.03. The van der Waals surface area contributed by atoms with Gasteiger partial charge in [0.1, 0.15) is 12.1 Å². The van der Waals surface area contributed by atoms with Crippen LogP contribution < -0.4 is 0 Å². The van der Waals surface area contributed by atoms with Crippen LogP contribution in [0.5, 0.6) is 0 Å². The molecular weight excluding hydrogens is 176 g/mol. The molecular formula is C11H12N2O. The van der Waals surface area contributed by atoms with E-state index in [0.29, 0.717) is 6.42 Å². The minimum atomic E-state index is 0.472. The van der Waals surface area contributed by atoms with E-state index in [2.05, 4.69) is 4.98 Å². The number of rotatable bonds is 2. The summed E-state index contributed by atoms with van der Waals surface area (Å²) in [4.78, 5) is 14.8. The summed E-state index contributed by atoms with van der Waals surface area (Å²) < 4.78 is 2.03. The smallest absolute Gasteiger partial charge is 0.124 e. The number of carbonyl (C=O) groups excluding carboxylic acids is 1. The van der Waals surface area contributed by atoms with E-state index in [4.69, 9.17) is 0 Å². The lowest BCUT2D eigenvalue weighted by molar-refractivity contribution is -0.107. The Bertz CT molecular complexity index is 485. The van der Waals surface area contributed by atoms with Crippen molar-refractivity contribution in [2.24, 2.45) is 7.05 Å². The Hall–Kier alpha value is -1.64. The number of aromatic nitrogens is 2. The van der Waals surface area contributed by atoms with E-state index < -0.39 is 0 Å². The standard InChI is InChI=1S/C11H12N2O/c1-8-12-10-4-3-9(5-6-14)7-11(10)13(8)2/h3-4,6-7H,5H2,1-2H3. The van der Waals surface area contributed by atoms with Crippen molar-refractivity contribution in [3.63, 3.8) is 0 Å². The van der Waals surface area contributed by atoms with Gasteiger partial charge in [0.25, 0.3) is 0 Å². The predicted octanol–water partition coefficient (Wildman–Crippen LogP) is 1.62. The Morgan fingerprint density at radius 1 is 1.50 bits per heavy atom. The van der Waals surface area contributed by atoms with Crippen LogP contribution in [0.4, 0.5) is 0 Å². The summed E-state index contributed by atoms with van der Waals surface area (Å²) in [5.41, 5.74) is 3.11. The first kappa shape index (κ1) is 8.94. The number of hydrogen-bond acceptors (Lipinski definition) is 2. The van der Waals surface area contributed by atoms with Crippen molar-refractivity contribution in [3.8, 4) is 0 Å². The van der Waals surface area contributed by atoms with Crippen molar-refractivity contribution in [2.45, 2.75) is 13.3 Å². The fourth-order valence-electron chi connectivity index (χ4n) is 1.58. The van der Waals surface area contributed by atoms with Gasteiger partial charge in [0.15, 0.2) is 0 Å². The molecule has 0 bridgehead atoms. The first-order chi connectivity index (χ1) is 6.72. The summed E-state index contributed by atoms with van der Waals surface area (Å²) in [5.74, 6) is 0.989. The number of imidazole rings is 1. The fraction of sp³-hybridized carbons (Fsp3) is 0.273. The van der Waals surface area contributed by atoms with E-state index in [1.807, 2.05) is 36.7 Å². The van der Waals surface area contributed by atoms with Crippen LogP contribution >= 0.6 is 0 Å². The van der Waals surface area contributed by atoms with E-state index in [-0.39, 0.29) is 0 Å². The molecule has 0 spiro atoms. The summed E-state index contributed by atoms with van der Waals surface area (Å²) in [6.07, 6.45) is 1.39. The van der Waals surface area contributed by atoms with Crippen LogP contribution in [0.2, 0.25) is 0 Å². The van der Waals surface area contributed by atoms with Crippen LogP contribution in [-0.2, 0) is 18.3 Å². The lowest BCUT2D eigenvalue weighted by Crippen LogP contribution is -1.91. The Kier molecular flexibility index (Phi) is 2.08. The molecule has 0 saturated carbocycles. The lowest BCUT2D eigenvalue weighted by Gasteiger charge is -1.98. The first-order valence-electron chi connectivity index (χ1n) is 4.58. The normalized spacial score (nSPS) is 10.7. The van der Waals surface area contributed by atoms with Gasteiger partial charge in [-0.15, -0.1) is 0 Å². The van der Waals surface area contributed by atoms with Crippen LogP contribution in [0.3, 0.4) is 0 Å². The van der Waals surface area contributed by atoms with Crippen molar-refractivity contribution >= 4 is 17.3 Å². The highest BCUT2D eigenvalue weighted by atomic mass is 16.1. The molecule has 0 aliphatic carbocycles. The van der Waals surface area contributed by atoms with Crippen LogP contribution in [0.25, 0.3) is 11.0 Å². The maximum Gasteiger partial charge on any atom is 0.124 e. The molecule has 1 aromatic heterocycles. The zero-order valence-corrected chi connectivity index (χ0v) is 8.32. The molecule has 3 nitrogen and oxygen atoms in total. The molecule has 0 N–H and O–H groups in total. The van der Waals surface area contributed by atoms with Crippen molar-refractivity contribution in [1.29, 1.82) is 0 Å². The monoisotopic (exact) mass is 188 g/mol. The molecule has 0 unspecified atom stereocenters. The topological polar surface area (TPSA) is 34.9 Å². The Morgan fingerprint density at radius 2 is 2.29 bits per heavy atom. The molecule has 1 heterocycles. The van der Waals surface area contributed by atoms with Crippen LogP contribution in [0.15, 0.2) is 18.2 Å². The Labute approximate surface area is 82.4 Å². The van der Waals surface area contributed by atoms with Gasteiger partial charge in [-0.05, 0) is 24.6 Å². The van der Waals surface area contributed by atoms with Crippen molar-refractivity contribution in [1.82, 2.24) is 9.55 Å². The summed E-state index contributed by atoms with van der Waals surface area (Å²) in [5, 5.41) is 0. The van der Waals surface area contributed by atoms with Crippen molar-refractivity contribution < 1.29 is 4.79 Å². The highest BCUT2D eigenvalue weighted by molar-refractivity contribution is 5.77. The van der Waals surface area contributed by atoms with E-state index in [1.165, 1.54) is 0 Å². The number of hydrogen-bond donors (Lipinski definition) is 0.